The van der Waals surface area contributed by atoms with E-state index in [0.717, 1.165) is 23.0 Å². The van der Waals surface area contributed by atoms with Crippen molar-refractivity contribution >= 4 is 15.9 Å². The number of nitrogens with zero attached hydrogens (tertiary/aromatic N) is 1. The van der Waals surface area contributed by atoms with E-state index < -0.39 is 0 Å². The third kappa shape index (κ3) is 4.12. The molecule has 0 radical (unpaired) electrons. The number of hydrogen-bond acceptors (Lipinski definition) is 2. The van der Waals surface area contributed by atoms with Crippen LogP contribution in [-0.2, 0) is 6.42 Å². The lowest BCUT2D eigenvalue weighted by Crippen LogP contribution is -2.24. The predicted molar refractivity (Wildman–Crippen MR) is 83.1 cm³/mol. The minimum absolute atomic E-state index is 0.0988. The Balaban J connectivity index is 2.21. The Kier molecular flexibility index (Phi) is 5.68. The quantitative estimate of drug-likeness (QED) is 0.852. The summed E-state index contributed by atoms with van der Waals surface area (Å²) >= 11 is 3.40. The second kappa shape index (κ2) is 7.50. The number of halogens is 2. The maximum Gasteiger partial charge on any atom is 0.126 e. The van der Waals surface area contributed by atoms with Crippen LogP contribution in [0.15, 0.2) is 47.2 Å². The fourth-order valence-electron chi connectivity index (χ4n) is 2.14. The number of pyridine rings is 1. The average molecular weight is 337 g/mol. The van der Waals surface area contributed by atoms with E-state index in [2.05, 4.69) is 33.2 Å². The molecule has 1 atom stereocenters. The Labute approximate surface area is 127 Å². The van der Waals surface area contributed by atoms with E-state index in [1.165, 1.54) is 6.07 Å². The summed E-state index contributed by atoms with van der Waals surface area (Å²) in [6, 6.07) is 9.12. The van der Waals surface area contributed by atoms with Crippen molar-refractivity contribution in [1.29, 1.82) is 0 Å². The van der Waals surface area contributed by atoms with Gasteiger partial charge in [0.05, 0.1) is 0 Å². The molecule has 1 unspecified atom stereocenters. The van der Waals surface area contributed by atoms with Crippen molar-refractivity contribution in [2.75, 3.05) is 6.54 Å². The van der Waals surface area contributed by atoms with Gasteiger partial charge in [0.2, 0.25) is 0 Å². The van der Waals surface area contributed by atoms with Crippen molar-refractivity contribution in [3.8, 4) is 0 Å². The highest BCUT2D eigenvalue weighted by atomic mass is 79.9. The lowest BCUT2D eigenvalue weighted by Gasteiger charge is -2.19. The molecule has 20 heavy (non-hydrogen) atoms. The highest BCUT2D eigenvalue weighted by Gasteiger charge is 2.14. The molecule has 1 N–H and O–H groups in total. The van der Waals surface area contributed by atoms with Gasteiger partial charge in [-0.3, -0.25) is 4.98 Å². The van der Waals surface area contributed by atoms with Crippen molar-refractivity contribution in [3.05, 3.63) is 64.1 Å². The van der Waals surface area contributed by atoms with E-state index >= 15 is 0 Å². The zero-order valence-corrected chi connectivity index (χ0v) is 13.0. The molecule has 0 amide bonds. The molecule has 2 aromatic rings. The van der Waals surface area contributed by atoms with Gasteiger partial charge in [0.25, 0.3) is 0 Å². The third-order valence-electron chi connectivity index (χ3n) is 3.18. The molecule has 0 spiro atoms. The summed E-state index contributed by atoms with van der Waals surface area (Å²) in [6.07, 6.45) is 5.21. The van der Waals surface area contributed by atoms with Gasteiger partial charge in [0.1, 0.15) is 5.82 Å². The largest absolute Gasteiger partial charge is 0.310 e. The molecule has 4 heteroatoms. The maximum atomic E-state index is 13.9. The molecule has 2 rings (SSSR count). The van der Waals surface area contributed by atoms with Gasteiger partial charge in [0.15, 0.2) is 0 Å². The molecule has 1 heterocycles. The van der Waals surface area contributed by atoms with Crippen LogP contribution in [0.3, 0.4) is 0 Å². The van der Waals surface area contributed by atoms with E-state index in [1.54, 1.807) is 18.5 Å². The summed E-state index contributed by atoms with van der Waals surface area (Å²) in [5.74, 6) is -0.162. The molecule has 0 saturated heterocycles. The van der Waals surface area contributed by atoms with E-state index in [1.807, 2.05) is 18.2 Å². The van der Waals surface area contributed by atoms with E-state index in [-0.39, 0.29) is 11.9 Å². The van der Waals surface area contributed by atoms with Gasteiger partial charge >= 0.3 is 0 Å². The smallest absolute Gasteiger partial charge is 0.126 e. The lowest BCUT2D eigenvalue weighted by atomic mass is 9.99. The summed E-state index contributed by atoms with van der Waals surface area (Å²) in [5.41, 5.74) is 1.85. The van der Waals surface area contributed by atoms with Crippen LogP contribution in [0, 0.1) is 5.82 Å². The molecule has 1 aromatic carbocycles. The van der Waals surface area contributed by atoms with Gasteiger partial charge in [-0.2, -0.15) is 0 Å². The second-order valence-electron chi connectivity index (χ2n) is 4.73. The highest BCUT2D eigenvalue weighted by Crippen LogP contribution is 2.22. The van der Waals surface area contributed by atoms with E-state index in [9.17, 15) is 4.39 Å². The normalized spacial score (nSPS) is 12.3. The van der Waals surface area contributed by atoms with Gasteiger partial charge in [-0.25, -0.2) is 4.39 Å². The van der Waals surface area contributed by atoms with E-state index in [0.29, 0.717) is 12.0 Å². The van der Waals surface area contributed by atoms with Gasteiger partial charge in [-0.15, -0.1) is 0 Å². The van der Waals surface area contributed by atoms with Crippen LogP contribution in [0.2, 0.25) is 0 Å². The standard InChI is InChI=1S/C16H18BrFN2/c1-2-7-20-16(12-5-8-19-9-6-12)11-13-10-14(17)3-4-15(13)18/h3-6,8-10,16,20H,2,7,11H2,1H3. The monoisotopic (exact) mass is 336 g/mol. The SMILES string of the molecule is CCCNC(Cc1cc(Br)ccc1F)c1ccncc1. The van der Waals surface area contributed by atoms with Crippen molar-refractivity contribution in [1.82, 2.24) is 10.3 Å². The Morgan fingerprint density at radius 3 is 2.70 bits per heavy atom. The topological polar surface area (TPSA) is 24.9 Å². The maximum absolute atomic E-state index is 13.9. The minimum Gasteiger partial charge on any atom is -0.310 e. The summed E-state index contributed by atoms with van der Waals surface area (Å²) in [5, 5.41) is 3.47. The van der Waals surface area contributed by atoms with Gasteiger partial charge in [-0.1, -0.05) is 22.9 Å². The van der Waals surface area contributed by atoms with Crippen molar-refractivity contribution < 1.29 is 4.39 Å². The molecule has 1 aromatic heterocycles. The van der Waals surface area contributed by atoms with Crippen LogP contribution >= 0.6 is 15.9 Å². The van der Waals surface area contributed by atoms with Gasteiger partial charge in [-0.05, 0) is 60.8 Å². The summed E-state index contributed by atoms with van der Waals surface area (Å²) in [6.45, 7) is 3.03. The van der Waals surface area contributed by atoms with Crippen molar-refractivity contribution in [2.24, 2.45) is 0 Å². The molecular weight excluding hydrogens is 319 g/mol. The Bertz CT molecular complexity index is 545. The highest BCUT2D eigenvalue weighted by molar-refractivity contribution is 9.10. The first-order valence-corrected chi connectivity index (χ1v) is 7.57. The molecule has 0 aliphatic heterocycles. The Morgan fingerprint density at radius 2 is 2.00 bits per heavy atom. The van der Waals surface area contributed by atoms with Crippen LogP contribution in [0.25, 0.3) is 0 Å². The third-order valence-corrected chi connectivity index (χ3v) is 3.67. The lowest BCUT2D eigenvalue weighted by molar-refractivity contribution is 0.512. The zero-order chi connectivity index (χ0) is 14.4. The molecule has 2 nitrogen and oxygen atoms in total. The Hall–Kier alpha value is -1.26. The molecule has 106 valence electrons. The van der Waals surface area contributed by atoms with Gasteiger partial charge in [0, 0.05) is 22.9 Å². The molecule has 0 aliphatic rings. The summed E-state index contributed by atoms with van der Waals surface area (Å²) in [4.78, 5) is 4.04. The first-order valence-electron chi connectivity index (χ1n) is 6.78. The fourth-order valence-corrected chi connectivity index (χ4v) is 2.55. The van der Waals surface area contributed by atoms with E-state index in [4.69, 9.17) is 0 Å². The first kappa shape index (κ1) is 15.1. The first-order chi connectivity index (χ1) is 9.70. The number of nitrogens with one attached hydrogen (secondary N) is 1. The molecule has 0 aliphatic carbocycles. The molecule has 0 fully saturated rings. The fraction of sp³-hybridized carbons (Fsp3) is 0.312. The number of hydrogen-bond donors (Lipinski definition) is 1. The molecule has 0 bridgehead atoms. The van der Waals surface area contributed by atoms with Crippen LogP contribution < -0.4 is 5.32 Å². The zero-order valence-electron chi connectivity index (χ0n) is 11.4. The van der Waals surface area contributed by atoms with Crippen LogP contribution in [0.1, 0.15) is 30.5 Å². The van der Waals surface area contributed by atoms with Crippen molar-refractivity contribution in [3.63, 3.8) is 0 Å². The van der Waals surface area contributed by atoms with Crippen LogP contribution in [0.5, 0.6) is 0 Å². The van der Waals surface area contributed by atoms with Crippen molar-refractivity contribution in [2.45, 2.75) is 25.8 Å². The number of benzene rings is 1. The van der Waals surface area contributed by atoms with Crippen LogP contribution in [-0.4, -0.2) is 11.5 Å². The minimum atomic E-state index is -0.162. The van der Waals surface area contributed by atoms with Gasteiger partial charge < -0.3 is 5.32 Å². The molecular formula is C16H18BrFN2. The summed E-state index contributed by atoms with van der Waals surface area (Å²) in [7, 11) is 0. The number of rotatable bonds is 6. The number of aromatic nitrogens is 1. The predicted octanol–water partition coefficient (Wildman–Crippen LogP) is 4.27. The molecule has 0 saturated carbocycles. The summed E-state index contributed by atoms with van der Waals surface area (Å²) < 4.78 is 14.8. The second-order valence-corrected chi connectivity index (χ2v) is 5.64. The van der Waals surface area contributed by atoms with Crippen LogP contribution in [0.4, 0.5) is 4.39 Å². The average Bonchev–Trinajstić information content (AvgIpc) is 2.48. The Morgan fingerprint density at radius 1 is 1.25 bits per heavy atom.